The normalized spacial score (nSPS) is 19.3. The molecule has 0 spiro atoms. The molecule has 2 unspecified atom stereocenters. The SMILES string of the molecule is CCNC(c1sc(C)cc1C)C1CCCc2ccccc21. The van der Waals surface area contributed by atoms with Crippen LogP contribution in [0.15, 0.2) is 30.3 Å². The third-order valence-corrected chi connectivity index (χ3v) is 5.84. The van der Waals surface area contributed by atoms with Crippen LogP contribution in [0.5, 0.6) is 0 Å². The first-order valence-electron chi connectivity index (χ1n) is 8.08. The summed E-state index contributed by atoms with van der Waals surface area (Å²) in [7, 11) is 0. The van der Waals surface area contributed by atoms with E-state index in [1.165, 1.54) is 34.6 Å². The molecular weight excluding hydrogens is 274 g/mol. The van der Waals surface area contributed by atoms with Gasteiger partial charge in [-0.2, -0.15) is 0 Å². The molecule has 0 amide bonds. The highest BCUT2D eigenvalue weighted by Gasteiger charge is 2.30. The molecule has 0 bridgehead atoms. The molecule has 2 atom stereocenters. The van der Waals surface area contributed by atoms with Crippen LogP contribution in [0.1, 0.15) is 58.2 Å². The van der Waals surface area contributed by atoms with E-state index in [-0.39, 0.29) is 0 Å². The van der Waals surface area contributed by atoms with Gasteiger partial charge in [0.1, 0.15) is 0 Å². The maximum Gasteiger partial charge on any atom is 0.0487 e. The topological polar surface area (TPSA) is 12.0 Å². The molecule has 1 aliphatic carbocycles. The molecule has 0 radical (unpaired) electrons. The van der Waals surface area contributed by atoms with E-state index in [0.717, 1.165) is 6.54 Å². The van der Waals surface area contributed by atoms with Crippen molar-refractivity contribution in [3.63, 3.8) is 0 Å². The van der Waals surface area contributed by atoms with Crippen molar-refractivity contribution in [2.75, 3.05) is 6.54 Å². The Balaban J connectivity index is 2.01. The monoisotopic (exact) mass is 299 g/mol. The van der Waals surface area contributed by atoms with E-state index in [4.69, 9.17) is 0 Å². The van der Waals surface area contributed by atoms with Gasteiger partial charge in [0.05, 0.1) is 0 Å². The highest BCUT2D eigenvalue weighted by Crippen LogP contribution is 2.43. The number of benzene rings is 1. The number of thiophene rings is 1. The molecule has 1 aromatic heterocycles. The highest BCUT2D eigenvalue weighted by atomic mass is 32.1. The molecule has 112 valence electrons. The lowest BCUT2D eigenvalue weighted by molar-refractivity contribution is 0.412. The van der Waals surface area contributed by atoms with Crippen molar-refractivity contribution in [3.05, 3.63) is 56.8 Å². The molecule has 0 saturated carbocycles. The van der Waals surface area contributed by atoms with Crippen molar-refractivity contribution in [1.29, 1.82) is 0 Å². The average Bonchev–Trinajstić information content (AvgIpc) is 2.83. The van der Waals surface area contributed by atoms with Crippen LogP contribution in [-0.4, -0.2) is 6.54 Å². The van der Waals surface area contributed by atoms with Crippen LogP contribution in [-0.2, 0) is 6.42 Å². The predicted molar refractivity (Wildman–Crippen MR) is 92.3 cm³/mol. The van der Waals surface area contributed by atoms with E-state index in [1.807, 2.05) is 11.3 Å². The van der Waals surface area contributed by atoms with Crippen molar-refractivity contribution < 1.29 is 0 Å². The van der Waals surface area contributed by atoms with Gasteiger partial charge >= 0.3 is 0 Å². The standard InChI is InChI=1S/C19H25NS/c1-4-20-18(19-13(2)12-14(3)21-19)17-11-7-9-15-8-5-6-10-16(15)17/h5-6,8,10,12,17-18,20H,4,7,9,11H2,1-3H3. The summed E-state index contributed by atoms with van der Waals surface area (Å²) in [6, 6.07) is 11.8. The molecule has 1 N–H and O–H groups in total. The smallest absolute Gasteiger partial charge is 0.0487 e. The molecule has 1 heterocycles. The molecule has 0 aliphatic heterocycles. The summed E-state index contributed by atoms with van der Waals surface area (Å²) < 4.78 is 0. The minimum absolute atomic E-state index is 0.468. The Bertz CT molecular complexity index is 614. The maximum absolute atomic E-state index is 3.77. The molecule has 2 heteroatoms. The molecule has 1 nitrogen and oxygen atoms in total. The van der Waals surface area contributed by atoms with Gasteiger partial charge < -0.3 is 5.32 Å². The fourth-order valence-corrected chi connectivity index (χ4v) is 4.92. The van der Waals surface area contributed by atoms with Crippen LogP contribution < -0.4 is 5.32 Å². The van der Waals surface area contributed by atoms with E-state index in [1.54, 1.807) is 11.1 Å². The summed E-state index contributed by atoms with van der Waals surface area (Å²) in [5, 5.41) is 3.77. The zero-order valence-corrected chi connectivity index (χ0v) is 14.1. The second-order valence-corrected chi connectivity index (χ2v) is 7.43. The third kappa shape index (κ3) is 2.93. The molecule has 1 aliphatic rings. The number of hydrogen-bond donors (Lipinski definition) is 1. The first kappa shape index (κ1) is 14.8. The van der Waals surface area contributed by atoms with Crippen LogP contribution in [0, 0.1) is 13.8 Å². The fourth-order valence-electron chi connectivity index (χ4n) is 3.74. The van der Waals surface area contributed by atoms with E-state index in [2.05, 4.69) is 56.4 Å². The highest BCUT2D eigenvalue weighted by molar-refractivity contribution is 7.12. The van der Waals surface area contributed by atoms with Gasteiger partial charge in [0.2, 0.25) is 0 Å². The molecule has 21 heavy (non-hydrogen) atoms. The summed E-state index contributed by atoms with van der Waals surface area (Å²) >= 11 is 1.97. The lowest BCUT2D eigenvalue weighted by Gasteiger charge is -2.33. The van der Waals surface area contributed by atoms with Gasteiger partial charge in [0, 0.05) is 21.7 Å². The van der Waals surface area contributed by atoms with Crippen molar-refractivity contribution in [2.45, 2.75) is 52.0 Å². The van der Waals surface area contributed by atoms with E-state index >= 15 is 0 Å². The Morgan fingerprint density at radius 1 is 1.29 bits per heavy atom. The van der Waals surface area contributed by atoms with Gasteiger partial charge in [-0.3, -0.25) is 0 Å². The van der Waals surface area contributed by atoms with Gasteiger partial charge in [-0.05, 0) is 62.4 Å². The summed E-state index contributed by atoms with van der Waals surface area (Å²) in [5.41, 5.74) is 4.58. The maximum atomic E-state index is 3.77. The largest absolute Gasteiger partial charge is 0.309 e. The zero-order valence-electron chi connectivity index (χ0n) is 13.3. The van der Waals surface area contributed by atoms with Gasteiger partial charge in [0.25, 0.3) is 0 Å². The molecule has 1 aromatic carbocycles. The van der Waals surface area contributed by atoms with Gasteiger partial charge in [-0.25, -0.2) is 0 Å². The summed E-state index contributed by atoms with van der Waals surface area (Å²) in [6.07, 6.45) is 3.85. The van der Waals surface area contributed by atoms with Crippen LogP contribution in [0.4, 0.5) is 0 Å². The van der Waals surface area contributed by atoms with Crippen molar-refractivity contribution >= 4 is 11.3 Å². The number of fused-ring (bicyclic) bond motifs is 1. The van der Waals surface area contributed by atoms with Crippen molar-refractivity contribution in [3.8, 4) is 0 Å². The van der Waals surface area contributed by atoms with E-state index in [9.17, 15) is 0 Å². The Morgan fingerprint density at radius 2 is 2.10 bits per heavy atom. The average molecular weight is 299 g/mol. The first-order valence-corrected chi connectivity index (χ1v) is 8.90. The van der Waals surface area contributed by atoms with Crippen LogP contribution in [0.2, 0.25) is 0 Å². The molecular formula is C19H25NS. The van der Waals surface area contributed by atoms with E-state index < -0.39 is 0 Å². The molecule has 3 rings (SSSR count). The minimum atomic E-state index is 0.468. The second kappa shape index (κ2) is 6.33. The number of rotatable bonds is 4. The number of hydrogen-bond acceptors (Lipinski definition) is 2. The molecule has 0 fully saturated rings. The summed E-state index contributed by atoms with van der Waals surface area (Å²) in [5.74, 6) is 0.617. The van der Waals surface area contributed by atoms with E-state index in [0.29, 0.717) is 12.0 Å². The Kier molecular flexibility index (Phi) is 4.46. The van der Waals surface area contributed by atoms with Crippen molar-refractivity contribution in [1.82, 2.24) is 5.32 Å². The lowest BCUT2D eigenvalue weighted by Crippen LogP contribution is -2.29. The number of nitrogens with one attached hydrogen (secondary N) is 1. The molecule has 2 aromatic rings. The quantitative estimate of drug-likeness (QED) is 0.824. The second-order valence-electron chi connectivity index (χ2n) is 6.14. The minimum Gasteiger partial charge on any atom is -0.309 e. The van der Waals surface area contributed by atoms with Crippen LogP contribution in [0.25, 0.3) is 0 Å². The number of aryl methyl sites for hydroxylation is 3. The number of likely N-dealkylation sites (N-methyl/N-ethyl adjacent to an activating group) is 1. The summed E-state index contributed by atoms with van der Waals surface area (Å²) in [4.78, 5) is 2.96. The molecule has 0 saturated heterocycles. The van der Waals surface area contributed by atoms with Crippen LogP contribution >= 0.6 is 11.3 Å². The fraction of sp³-hybridized carbons (Fsp3) is 0.474. The lowest BCUT2D eigenvalue weighted by atomic mass is 9.78. The predicted octanol–water partition coefficient (Wildman–Crippen LogP) is 5.14. The third-order valence-electron chi connectivity index (χ3n) is 4.60. The van der Waals surface area contributed by atoms with Crippen LogP contribution in [0.3, 0.4) is 0 Å². The Hall–Kier alpha value is -1.12. The van der Waals surface area contributed by atoms with Gasteiger partial charge in [0.15, 0.2) is 0 Å². The first-order chi connectivity index (χ1) is 10.2. The van der Waals surface area contributed by atoms with Crippen molar-refractivity contribution in [2.24, 2.45) is 0 Å². The van der Waals surface area contributed by atoms with Gasteiger partial charge in [-0.15, -0.1) is 11.3 Å². The van der Waals surface area contributed by atoms with Gasteiger partial charge in [-0.1, -0.05) is 31.2 Å². The Morgan fingerprint density at radius 3 is 2.81 bits per heavy atom. The summed E-state index contributed by atoms with van der Waals surface area (Å²) in [6.45, 7) is 7.73. The zero-order chi connectivity index (χ0) is 14.8. The Labute approximate surface area is 132 Å².